The lowest BCUT2D eigenvalue weighted by atomic mass is 9.90. The van der Waals surface area contributed by atoms with Gasteiger partial charge in [-0.05, 0) is 112 Å². The maximum Gasteiger partial charge on any atom is 0.407 e. The van der Waals surface area contributed by atoms with Gasteiger partial charge in [0, 0.05) is 49.4 Å². The van der Waals surface area contributed by atoms with E-state index in [1.54, 1.807) is 67.0 Å². The third kappa shape index (κ3) is 9.94. The third-order valence-corrected chi connectivity index (χ3v) is 12.6. The second-order valence-corrected chi connectivity index (χ2v) is 17.8. The first-order valence-electron chi connectivity index (χ1n) is 18.9. The van der Waals surface area contributed by atoms with Crippen LogP contribution in [0.5, 0.6) is 5.75 Å². The van der Waals surface area contributed by atoms with E-state index in [-0.39, 0.29) is 42.4 Å². The predicted octanol–water partition coefficient (Wildman–Crippen LogP) is 7.00. The van der Waals surface area contributed by atoms with Gasteiger partial charge in [0.05, 0.1) is 11.5 Å². The monoisotopic (exact) mass is 778 g/mol. The number of likely N-dealkylation sites (tertiary alicyclic amines) is 1. The maximum absolute atomic E-state index is 14.3. The number of carbonyl (C=O) groups excluding carboxylic acids is 3. The number of halogens is 1. The Balaban J connectivity index is 1.17. The van der Waals surface area contributed by atoms with E-state index in [1.165, 1.54) is 35.7 Å². The number of rotatable bonds is 9. The smallest absolute Gasteiger partial charge is 0.407 e. The number of hydrogen-bond donors (Lipinski definition) is 1. The van der Waals surface area contributed by atoms with E-state index in [4.69, 9.17) is 21.1 Å². The summed E-state index contributed by atoms with van der Waals surface area (Å²) in [6.45, 7) is 6.58. The molecule has 2 heterocycles. The Morgan fingerprint density at radius 2 is 1.39 bits per heavy atom. The van der Waals surface area contributed by atoms with Crippen LogP contribution in [0.4, 0.5) is 4.79 Å². The number of nitrogens with one attached hydrogen (secondary N) is 1. The van der Waals surface area contributed by atoms with Crippen molar-refractivity contribution < 1.29 is 32.3 Å². The Morgan fingerprint density at radius 3 is 2.00 bits per heavy atom. The van der Waals surface area contributed by atoms with Crippen LogP contribution >= 0.6 is 11.6 Å². The number of piperidine rings is 1. The van der Waals surface area contributed by atoms with Gasteiger partial charge in [0.2, 0.25) is 15.9 Å². The standard InChI is InChI=1S/C41H51ClN4O7S/c1-41(2,3)53-40(49)43-34-21-23-44(24-22-34)39(48)37-27-45(38(47)32-11-9-30(10-12-32)31-13-15-33(42)16-14-31)25-26-46(37)54(50,51)36-19-17-35(18-20-36)52-28-29-7-5-4-6-8-29/h9-20,29,34,37H,4-8,21-28H2,1-3H3,(H,43,49)/t37-/m0/s1. The molecule has 6 rings (SSSR count). The molecule has 0 spiro atoms. The Kier molecular flexibility index (Phi) is 12.5. The van der Waals surface area contributed by atoms with Crippen LogP contribution in [-0.2, 0) is 19.6 Å². The van der Waals surface area contributed by atoms with Gasteiger partial charge in [0.25, 0.3) is 5.91 Å². The van der Waals surface area contributed by atoms with Crippen molar-refractivity contribution in [2.75, 3.05) is 39.3 Å². The SMILES string of the molecule is CC(C)(C)OC(=O)NC1CCN(C(=O)[C@@H]2CN(C(=O)c3ccc(-c4ccc(Cl)cc4)cc3)CCN2S(=O)(=O)c2ccc(OCC3CCCCC3)cc2)CC1. The molecule has 0 bridgehead atoms. The van der Waals surface area contributed by atoms with Crippen LogP contribution in [0.25, 0.3) is 11.1 Å². The maximum atomic E-state index is 14.3. The number of amides is 3. The van der Waals surface area contributed by atoms with Crippen LogP contribution < -0.4 is 10.1 Å². The van der Waals surface area contributed by atoms with E-state index in [0.717, 1.165) is 24.0 Å². The third-order valence-electron chi connectivity index (χ3n) is 10.4. The number of benzene rings is 3. The molecule has 54 heavy (non-hydrogen) atoms. The Morgan fingerprint density at radius 1 is 0.778 bits per heavy atom. The zero-order valence-corrected chi connectivity index (χ0v) is 32.9. The highest BCUT2D eigenvalue weighted by molar-refractivity contribution is 7.89. The molecule has 1 saturated carbocycles. The molecule has 11 nitrogen and oxygen atoms in total. The first-order chi connectivity index (χ1) is 25.8. The quantitative estimate of drug-likeness (QED) is 0.248. The van der Waals surface area contributed by atoms with E-state index in [0.29, 0.717) is 54.8 Å². The summed E-state index contributed by atoms with van der Waals surface area (Å²) in [5, 5.41) is 3.52. The zero-order chi connectivity index (χ0) is 38.5. The molecular weight excluding hydrogens is 728 g/mol. The van der Waals surface area contributed by atoms with Gasteiger partial charge in [-0.15, -0.1) is 0 Å². The number of nitrogens with zero attached hydrogens (tertiary/aromatic N) is 3. The first kappa shape index (κ1) is 39.6. The Bertz CT molecular complexity index is 1870. The lowest BCUT2D eigenvalue weighted by Gasteiger charge is -2.42. The molecule has 1 aliphatic carbocycles. The van der Waals surface area contributed by atoms with Crippen molar-refractivity contribution in [2.24, 2.45) is 5.92 Å². The lowest BCUT2D eigenvalue weighted by Crippen LogP contribution is -2.62. The van der Waals surface area contributed by atoms with Gasteiger partial charge < -0.3 is 24.6 Å². The zero-order valence-electron chi connectivity index (χ0n) is 31.3. The molecular formula is C41H51ClN4O7S. The molecule has 3 fully saturated rings. The fraction of sp³-hybridized carbons (Fsp3) is 0.488. The molecule has 3 aliphatic rings. The van der Waals surface area contributed by atoms with Crippen molar-refractivity contribution in [3.05, 3.63) is 83.4 Å². The highest BCUT2D eigenvalue weighted by Crippen LogP contribution is 2.29. The normalized spacial score (nSPS) is 19.3. The molecule has 0 radical (unpaired) electrons. The number of ether oxygens (including phenoxy) is 2. The van der Waals surface area contributed by atoms with Crippen LogP contribution in [0.2, 0.25) is 5.02 Å². The number of piperazine rings is 1. The average Bonchev–Trinajstić information content (AvgIpc) is 3.17. The first-order valence-corrected chi connectivity index (χ1v) is 20.8. The van der Waals surface area contributed by atoms with Gasteiger partial charge in [-0.3, -0.25) is 9.59 Å². The van der Waals surface area contributed by atoms with Gasteiger partial charge in [0.15, 0.2) is 0 Å². The Labute approximate surface area is 324 Å². The summed E-state index contributed by atoms with van der Waals surface area (Å²) >= 11 is 6.05. The summed E-state index contributed by atoms with van der Waals surface area (Å²) < 4.78 is 41.2. The minimum absolute atomic E-state index is 0.0517. The minimum Gasteiger partial charge on any atom is -0.493 e. The predicted molar refractivity (Wildman–Crippen MR) is 208 cm³/mol. The molecule has 2 aliphatic heterocycles. The number of sulfonamides is 1. The average molecular weight is 779 g/mol. The van der Waals surface area contributed by atoms with Gasteiger partial charge >= 0.3 is 6.09 Å². The lowest BCUT2D eigenvalue weighted by molar-refractivity contribution is -0.137. The van der Waals surface area contributed by atoms with E-state index in [2.05, 4.69) is 5.32 Å². The van der Waals surface area contributed by atoms with Crippen molar-refractivity contribution in [2.45, 2.75) is 88.3 Å². The molecule has 2 saturated heterocycles. The highest BCUT2D eigenvalue weighted by atomic mass is 35.5. The van der Waals surface area contributed by atoms with E-state index < -0.39 is 27.8 Å². The molecule has 290 valence electrons. The van der Waals surface area contributed by atoms with Gasteiger partial charge in [0.1, 0.15) is 17.4 Å². The summed E-state index contributed by atoms with van der Waals surface area (Å²) in [6, 6.07) is 19.7. The molecule has 3 aromatic carbocycles. The summed E-state index contributed by atoms with van der Waals surface area (Å²) in [5.41, 5.74) is 1.67. The number of alkyl carbamates (subject to hydrolysis) is 1. The van der Waals surface area contributed by atoms with Crippen LogP contribution in [0.15, 0.2) is 77.7 Å². The van der Waals surface area contributed by atoms with Crippen molar-refractivity contribution in [1.29, 1.82) is 0 Å². The Hall–Kier alpha value is -4.13. The van der Waals surface area contributed by atoms with Gasteiger partial charge in [-0.2, -0.15) is 4.31 Å². The largest absolute Gasteiger partial charge is 0.493 e. The van der Waals surface area contributed by atoms with Crippen molar-refractivity contribution in [3.8, 4) is 16.9 Å². The summed E-state index contributed by atoms with van der Waals surface area (Å²) in [7, 11) is -4.13. The fourth-order valence-electron chi connectivity index (χ4n) is 7.41. The molecule has 13 heteroatoms. The van der Waals surface area contributed by atoms with Crippen molar-refractivity contribution >= 4 is 39.5 Å². The summed E-state index contributed by atoms with van der Waals surface area (Å²) in [5.74, 6) is 0.449. The van der Waals surface area contributed by atoms with Crippen molar-refractivity contribution in [1.82, 2.24) is 19.4 Å². The van der Waals surface area contributed by atoms with Crippen molar-refractivity contribution in [3.63, 3.8) is 0 Å². The summed E-state index contributed by atoms with van der Waals surface area (Å²) in [4.78, 5) is 43.8. The molecule has 3 amide bonds. The second kappa shape index (κ2) is 17.1. The topological polar surface area (TPSA) is 126 Å². The van der Waals surface area contributed by atoms with Gasteiger partial charge in [-0.25, -0.2) is 13.2 Å². The molecule has 0 aromatic heterocycles. The van der Waals surface area contributed by atoms with Crippen LogP contribution in [0.3, 0.4) is 0 Å². The molecule has 0 unspecified atom stereocenters. The van der Waals surface area contributed by atoms with Crippen LogP contribution in [-0.4, -0.2) is 97.4 Å². The number of hydrogen-bond acceptors (Lipinski definition) is 7. The molecule has 3 aromatic rings. The van der Waals surface area contributed by atoms with E-state index >= 15 is 0 Å². The number of carbonyl (C=O) groups is 3. The summed E-state index contributed by atoms with van der Waals surface area (Å²) in [6.07, 6.45) is 6.41. The van der Waals surface area contributed by atoms with Crippen LogP contribution in [0, 0.1) is 5.92 Å². The fourth-order valence-corrected chi connectivity index (χ4v) is 9.10. The van der Waals surface area contributed by atoms with Crippen LogP contribution in [0.1, 0.15) is 76.1 Å². The molecule has 1 atom stereocenters. The van der Waals surface area contributed by atoms with E-state index in [9.17, 15) is 22.8 Å². The highest BCUT2D eigenvalue weighted by Gasteiger charge is 2.43. The second-order valence-electron chi connectivity index (χ2n) is 15.5. The van der Waals surface area contributed by atoms with Gasteiger partial charge in [-0.1, -0.05) is 55.1 Å². The minimum atomic E-state index is -4.13. The van der Waals surface area contributed by atoms with E-state index in [1.807, 2.05) is 24.3 Å². The molecule has 1 N–H and O–H groups in total.